The van der Waals surface area contributed by atoms with Crippen LogP contribution in [0.1, 0.15) is 25.7 Å². The van der Waals surface area contributed by atoms with Crippen LogP contribution < -0.4 is 5.32 Å². The highest BCUT2D eigenvalue weighted by Crippen LogP contribution is 2.34. The Morgan fingerprint density at radius 3 is 2.54 bits per heavy atom. The number of hydrogen-bond acceptors (Lipinski definition) is 5. The van der Waals surface area contributed by atoms with Crippen LogP contribution >= 0.6 is 0 Å². The Morgan fingerprint density at radius 2 is 1.83 bits per heavy atom. The van der Waals surface area contributed by atoms with E-state index in [4.69, 9.17) is 0 Å². The van der Waals surface area contributed by atoms with Crippen LogP contribution in [0, 0.1) is 22.0 Å². The van der Waals surface area contributed by atoms with Crippen LogP contribution in [0.5, 0.6) is 0 Å². The maximum Gasteiger partial charge on any atom is 0.289 e. The first-order chi connectivity index (χ1) is 11.5. The van der Waals surface area contributed by atoms with E-state index in [1.54, 1.807) is 0 Å². The molecule has 1 N–H and O–H groups in total. The van der Waals surface area contributed by atoms with E-state index in [-0.39, 0.29) is 10.6 Å². The van der Waals surface area contributed by atoms with Gasteiger partial charge in [0.05, 0.1) is 4.92 Å². The number of sulfonamides is 1. The van der Waals surface area contributed by atoms with Crippen LogP contribution in [0.25, 0.3) is 0 Å². The molecule has 1 aromatic carbocycles. The minimum absolute atomic E-state index is 0.194. The number of benzene rings is 1. The van der Waals surface area contributed by atoms with Crippen molar-refractivity contribution in [2.24, 2.45) is 11.8 Å². The van der Waals surface area contributed by atoms with E-state index in [9.17, 15) is 18.5 Å². The lowest BCUT2D eigenvalue weighted by molar-refractivity contribution is -0.387. The van der Waals surface area contributed by atoms with Crippen molar-refractivity contribution in [3.8, 4) is 0 Å². The van der Waals surface area contributed by atoms with E-state index < -0.39 is 14.9 Å². The molecule has 0 bridgehead atoms. The van der Waals surface area contributed by atoms with Crippen molar-refractivity contribution in [1.29, 1.82) is 0 Å². The molecule has 2 fully saturated rings. The molecule has 0 spiro atoms. The number of piperidine rings is 2. The zero-order valence-electron chi connectivity index (χ0n) is 13.6. The zero-order valence-corrected chi connectivity index (χ0v) is 14.4. The van der Waals surface area contributed by atoms with Crippen LogP contribution in [-0.4, -0.2) is 43.8 Å². The molecule has 132 valence electrons. The van der Waals surface area contributed by atoms with Gasteiger partial charge >= 0.3 is 0 Å². The van der Waals surface area contributed by atoms with Crippen molar-refractivity contribution in [3.63, 3.8) is 0 Å². The summed E-state index contributed by atoms with van der Waals surface area (Å²) >= 11 is 0. The van der Waals surface area contributed by atoms with E-state index in [0.29, 0.717) is 24.9 Å². The molecule has 0 aliphatic carbocycles. The van der Waals surface area contributed by atoms with Crippen molar-refractivity contribution >= 4 is 15.7 Å². The molecule has 8 heteroatoms. The fourth-order valence-corrected chi connectivity index (χ4v) is 5.55. The minimum Gasteiger partial charge on any atom is -0.317 e. The van der Waals surface area contributed by atoms with Crippen molar-refractivity contribution in [2.45, 2.75) is 30.6 Å². The Balaban J connectivity index is 1.83. The molecule has 2 aliphatic heterocycles. The number of para-hydroxylation sites is 1. The highest BCUT2D eigenvalue weighted by Gasteiger charge is 2.36. The molecule has 0 amide bonds. The van der Waals surface area contributed by atoms with Gasteiger partial charge in [0.15, 0.2) is 4.90 Å². The maximum atomic E-state index is 12.9. The Kier molecular flexibility index (Phi) is 5.17. The minimum atomic E-state index is -3.83. The molecule has 1 aromatic rings. The SMILES string of the molecule is O=[N+]([O-])c1ccccc1S(=O)(=O)N1CCCC(C2CCNCC2)C1. The van der Waals surface area contributed by atoms with Gasteiger partial charge in [-0.15, -0.1) is 0 Å². The van der Waals surface area contributed by atoms with E-state index >= 15 is 0 Å². The van der Waals surface area contributed by atoms with Gasteiger partial charge in [0, 0.05) is 19.2 Å². The second kappa shape index (κ2) is 7.16. The van der Waals surface area contributed by atoms with Crippen LogP contribution in [0.3, 0.4) is 0 Å². The smallest absolute Gasteiger partial charge is 0.289 e. The third kappa shape index (κ3) is 3.45. The van der Waals surface area contributed by atoms with Gasteiger partial charge in [-0.05, 0) is 56.7 Å². The number of rotatable bonds is 4. The lowest BCUT2D eigenvalue weighted by Crippen LogP contribution is -2.44. The monoisotopic (exact) mass is 353 g/mol. The number of nitrogens with one attached hydrogen (secondary N) is 1. The first kappa shape index (κ1) is 17.3. The van der Waals surface area contributed by atoms with Crippen LogP contribution in [-0.2, 0) is 10.0 Å². The fraction of sp³-hybridized carbons (Fsp3) is 0.625. The summed E-state index contributed by atoms with van der Waals surface area (Å²) in [5.74, 6) is 0.883. The van der Waals surface area contributed by atoms with Crippen LogP contribution in [0.4, 0.5) is 5.69 Å². The summed E-state index contributed by atoms with van der Waals surface area (Å²) < 4.78 is 27.3. The molecule has 1 unspecified atom stereocenters. The van der Waals surface area contributed by atoms with E-state index in [1.165, 1.54) is 28.6 Å². The quantitative estimate of drug-likeness (QED) is 0.660. The maximum absolute atomic E-state index is 12.9. The highest BCUT2D eigenvalue weighted by molar-refractivity contribution is 7.89. The molecule has 0 aromatic heterocycles. The van der Waals surface area contributed by atoms with Gasteiger partial charge in [-0.2, -0.15) is 4.31 Å². The summed E-state index contributed by atoms with van der Waals surface area (Å²) in [7, 11) is -3.83. The van der Waals surface area contributed by atoms with Crippen molar-refractivity contribution < 1.29 is 13.3 Å². The van der Waals surface area contributed by atoms with Gasteiger partial charge in [-0.1, -0.05) is 12.1 Å². The molecule has 3 rings (SSSR count). The predicted molar refractivity (Wildman–Crippen MR) is 90.2 cm³/mol. The van der Waals surface area contributed by atoms with Gasteiger partial charge in [0.25, 0.3) is 5.69 Å². The molecule has 0 radical (unpaired) electrons. The standard InChI is InChI=1S/C16H23N3O4S/c20-19(21)15-5-1-2-6-16(15)24(22,23)18-11-3-4-14(12-18)13-7-9-17-10-8-13/h1-2,5-6,13-14,17H,3-4,7-12H2. The van der Waals surface area contributed by atoms with Gasteiger partial charge < -0.3 is 5.32 Å². The summed E-state index contributed by atoms with van der Waals surface area (Å²) in [4.78, 5) is 10.4. The zero-order chi connectivity index (χ0) is 17.2. The highest BCUT2D eigenvalue weighted by atomic mass is 32.2. The summed E-state index contributed by atoms with van der Waals surface area (Å²) in [5, 5.41) is 14.5. The average Bonchev–Trinajstić information content (AvgIpc) is 2.62. The van der Waals surface area contributed by atoms with Gasteiger partial charge in [0.2, 0.25) is 10.0 Å². The topological polar surface area (TPSA) is 92.5 Å². The Bertz CT molecular complexity index is 701. The molecular formula is C16H23N3O4S. The predicted octanol–water partition coefficient (Wildman–Crippen LogP) is 2.00. The Labute approximate surface area is 142 Å². The van der Waals surface area contributed by atoms with E-state index in [2.05, 4.69) is 5.32 Å². The van der Waals surface area contributed by atoms with E-state index in [1.807, 2.05) is 0 Å². The average molecular weight is 353 g/mol. The van der Waals surface area contributed by atoms with Crippen LogP contribution in [0.2, 0.25) is 0 Å². The first-order valence-electron chi connectivity index (χ1n) is 8.44. The number of nitro benzene ring substituents is 1. The lowest BCUT2D eigenvalue weighted by atomic mass is 9.81. The van der Waals surface area contributed by atoms with Crippen molar-refractivity contribution in [1.82, 2.24) is 9.62 Å². The fourth-order valence-electron chi connectivity index (χ4n) is 3.86. The lowest BCUT2D eigenvalue weighted by Gasteiger charge is -2.37. The number of nitro groups is 1. The Hall–Kier alpha value is -1.51. The third-order valence-electron chi connectivity index (χ3n) is 5.15. The number of nitrogens with zero attached hydrogens (tertiary/aromatic N) is 2. The normalized spacial score (nSPS) is 23.9. The van der Waals surface area contributed by atoms with Gasteiger partial charge in [0.1, 0.15) is 0 Å². The molecule has 0 saturated carbocycles. The van der Waals surface area contributed by atoms with Crippen molar-refractivity contribution in [3.05, 3.63) is 34.4 Å². The second-order valence-corrected chi connectivity index (χ2v) is 8.48. The number of hydrogen-bond donors (Lipinski definition) is 1. The third-order valence-corrected chi connectivity index (χ3v) is 7.06. The molecule has 1 atom stereocenters. The van der Waals surface area contributed by atoms with Crippen molar-refractivity contribution in [2.75, 3.05) is 26.2 Å². The molecular weight excluding hydrogens is 330 g/mol. The summed E-state index contributed by atoms with van der Waals surface area (Å²) in [6.07, 6.45) is 4.00. The molecule has 2 saturated heterocycles. The molecule has 2 aliphatic rings. The first-order valence-corrected chi connectivity index (χ1v) is 9.88. The van der Waals surface area contributed by atoms with Gasteiger partial charge in [-0.25, -0.2) is 8.42 Å². The summed E-state index contributed by atoms with van der Waals surface area (Å²) in [5.41, 5.74) is -0.346. The summed E-state index contributed by atoms with van der Waals surface area (Å²) in [6.45, 7) is 2.88. The molecule has 2 heterocycles. The largest absolute Gasteiger partial charge is 0.317 e. The van der Waals surface area contributed by atoms with Gasteiger partial charge in [-0.3, -0.25) is 10.1 Å². The Morgan fingerprint density at radius 1 is 1.12 bits per heavy atom. The second-order valence-electron chi connectivity index (χ2n) is 6.58. The van der Waals surface area contributed by atoms with E-state index in [0.717, 1.165) is 38.8 Å². The summed E-state index contributed by atoms with van der Waals surface area (Å²) in [6, 6.07) is 5.61. The molecule has 24 heavy (non-hydrogen) atoms. The molecule has 7 nitrogen and oxygen atoms in total. The van der Waals surface area contributed by atoms with Crippen LogP contribution in [0.15, 0.2) is 29.2 Å².